The summed E-state index contributed by atoms with van der Waals surface area (Å²) in [6.45, 7) is -0.513. The second-order valence-corrected chi connectivity index (χ2v) is 10.3. The van der Waals surface area contributed by atoms with Crippen LogP contribution in [0.5, 0.6) is 11.5 Å². The summed E-state index contributed by atoms with van der Waals surface area (Å²) in [6, 6.07) is 17.2. The van der Waals surface area contributed by atoms with Crippen molar-refractivity contribution in [2.24, 2.45) is 0 Å². The van der Waals surface area contributed by atoms with Crippen molar-refractivity contribution in [3.8, 4) is 11.5 Å². The molecule has 0 bridgehead atoms. The summed E-state index contributed by atoms with van der Waals surface area (Å²) in [5.41, 5.74) is 2.75. The van der Waals surface area contributed by atoms with Gasteiger partial charge in [0.05, 0.1) is 38.7 Å². The number of rotatable bonds is 10. The van der Waals surface area contributed by atoms with Crippen LogP contribution in [0.4, 0.5) is 4.39 Å². The van der Waals surface area contributed by atoms with Crippen LogP contribution < -0.4 is 14.8 Å². The number of amides is 2. The van der Waals surface area contributed by atoms with E-state index in [9.17, 15) is 29.3 Å². The van der Waals surface area contributed by atoms with Gasteiger partial charge in [0, 0.05) is 24.2 Å². The highest BCUT2D eigenvalue weighted by molar-refractivity contribution is 5.96. The first-order chi connectivity index (χ1) is 20.3. The Hall–Kier alpha value is -4.25. The molecule has 220 valence electrons. The Morgan fingerprint density at radius 1 is 1.02 bits per heavy atom. The summed E-state index contributed by atoms with van der Waals surface area (Å²) in [6.07, 6.45) is -0.623. The number of hydrogen-bond donors (Lipinski definition) is 4. The van der Waals surface area contributed by atoms with Crippen molar-refractivity contribution in [3.63, 3.8) is 0 Å². The van der Waals surface area contributed by atoms with E-state index in [-0.39, 0.29) is 44.2 Å². The molecule has 3 aromatic carbocycles. The van der Waals surface area contributed by atoms with Crippen molar-refractivity contribution in [1.82, 2.24) is 10.2 Å². The quantitative estimate of drug-likeness (QED) is 0.291. The van der Waals surface area contributed by atoms with Crippen LogP contribution in [-0.2, 0) is 29.2 Å². The number of carbonyl (C=O) groups excluding carboxylic acids is 2. The van der Waals surface area contributed by atoms with Crippen LogP contribution in [0.15, 0.2) is 78.4 Å². The number of ether oxygens (including phenoxy) is 2. The second kappa shape index (κ2) is 12.7. The molecule has 5 rings (SSSR count). The highest BCUT2D eigenvalue weighted by Gasteiger charge is 2.51. The Morgan fingerprint density at radius 3 is 2.43 bits per heavy atom. The fourth-order valence-electron chi connectivity index (χ4n) is 5.64. The van der Waals surface area contributed by atoms with Crippen molar-refractivity contribution >= 4 is 11.8 Å². The summed E-state index contributed by atoms with van der Waals surface area (Å²) in [4.78, 5) is 28.8. The average Bonchev–Trinajstić information content (AvgIpc) is 3.40. The molecule has 1 heterocycles. The standard InChI is InChI=1S/C32H33FN2O7/c1-41-26-14-21(18-37)13-23-28-24(32(40)34-11-12-36)16-25(29(39)31(28)42-30(23)26)35(17-20-7-9-22(33)10-8-20)27(38)15-19-5-3-2-4-6-19/h2-10,13-14,16,25,28-29,31,36-37,39H,11-12,15,17-18H2,1H3,(H,34,40). The number of fused-ring (bicyclic) bond motifs is 3. The third-order valence-corrected chi connectivity index (χ3v) is 7.64. The number of hydrogen-bond acceptors (Lipinski definition) is 7. The third kappa shape index (κ3) is 5.87. The van der Waals surface area contributed by atoms with Gasteiger partial charge in [-0.05, 0) is 47.0 Å². The highest BCUT2D eigenvalue weighted by atomic mass is 19.1. The van der Waals surface area contributed by atoms with Gasteiger partial charge in [-0.15, -0.1) is 0 Å². The molecule has 1 aliphatic heterocycles. The van der Waals surface area contributed by atoms with E-state index in [0.717, 1.165) is 5.56 Å². The van der Waals surface area contributed by atoms with Crippen molar-refractivity contribution < 1.29 is 38.8 Å². The smallest absolute Gasteiger partial charge is 0.247 e. The van der Waals surface area contributed by atoms with Crippen LogP contribution in [0.2, 0.25) is 0 Å². The molecule has 0 saturated heterocycles. The van der Waals surface area contributed by atoms with E-state index in [4.69, 9.17) is 9.47 Å². The molecular weight excluding hydrogens is 543 g/mol. The zero-order valence-electron chi connectivity index (χ0n) is 23.1. The number of benzene rings is 3. The van der Waals surface area contributed by atoms with E-state index in [0.29, 0.717) is 28.2 Å². The molecule has 0 radical (unpaired) electrons. The minimum absolute atomic E-state index is 0.000721. The normalized spacial score (nSPS) is 20.5. The summed E-state index contributed by atoms with van der Waals surface area (Å²) in [7, 11) is 1.46. The summed E-state index contributed by atoms with van der Waals surface area (Å²) >= 11 is 0. The maximum absolute atomic E-state index is 13.9. The molecule has 4 N–H and O–H groups in total. The van der Waals surface area contributed by atoms with Crippen LogP contribution in [0.3, 0.4) is 0 Å². The number of nitrogens with one attached hydrogen (secondary N) is 1. The van der Waals surface area contributed by atoms with Gasteiger partial charge in [0.2, 0.25) is 11.8 Å². The Morgan fingerprint density at radius 2 is 1.76 bits per heavy atom. The number of methoxy groups -OCH3 is 1. The van der Waals surface area contributed by atoms with Gasteiger partial charge in [0.1, 0.15) is 18.0 Å². The first-order valence-corrected chi connectivity index (χ1v) is 13.7. The SMILES string of the molecule is COc1cc(CO)cc2c1OC1C2C(C(=O)NCCO)=CC(N(Cc2ccc(F)cc2)C(=O)Cc2ccccc2)C1O. The van der Waals surface area contributed by atoms with Crippen molar-refractivity contribution in [3.05, 3.63) is 106 Å². The van der Waals surface area contributed by atoms with Crippen LogP contribution in [0.1, 0.15) is 28.2 Å². The van der Waals surface area contributed by atoms with E-state index in [2.05, 4.69) is 5.32 Å². The Balaban J connectivity index is 1.59. The lowest BCUT2D eigenvalue weighted by Crippen LogP contribution is -2.55. The zero-order valence-corrected chi connectivity index (χ0v) is 23.1. The van der Waals surface area contributed by atoms with Crippen LogP contribution in [-0.4, -0.2) is 70.5 Å². The van der Waals surface area contributed by atoms with Crippen molar-refractivity contribution in [1.29, 1.82) is 0 Å². The van der Waals surface area contributed by atoms with Crippen LogP contribution in [0.25, 0.3) is 0 Å². The van der Waals surface area contributed by atoms with E-state index in [1.807, 2.05) is 30.3 Å². The lowest BCUT2D eigenvalue weighted by molar-refractivity contribution is -0.137. The first-order valence-electron chi connectivity index (χ1n) is 13.7. The summed E-state index contributed by atoms with van der Waals surface area (Å²) in [5, 5.41) is 33.7. The first kappa shape index (κ1) is 29.2. The largest absolute Gasteiger partial charge is 0.493 e. The van der Waals surface area contributed by atoms with E-state index in [1.165, 1.54) is 24.1 Å². The molecule has 10 heteroatoms. The van der Waals surface area contributed by atoms with E-state index >= 15 is 0 Å². The molecule has 9 nitrogen and oxygen atoms in total. The predicted octanol–water partition coefficient (Wildman–Crippen LogP) is 2.22. The van der Waals surface area contributed by atoms with Gasteiger partial charge in [-0.2, -0.15) is 0 Å². The molecular formula is C32H33FN2O7. The molecule has 42 heavy (non-hydrogen) atoms. The topological polar surface area (TPSA) is 129 Å². The van der Waals surface area contributed by atoms with Gasteiger partial charge in [0.15, 0.2) is 11.5 Å². The molecule has 0 fully saturated rings. The molecule has 0 aromatic heterocycles. The average molecular weight is 577 g/mol. The van der Waals surface area contributed by atoms with Gasteiger partial charge >= 0.3 is 0 Å². The molecule has 2 amide bonds. The lowest BCUT2D eigenvalue weighted by atomic mass is 9.77. The summed E-state index contributed by atoms with van der Waals surface area (Å²) in [5.74, 6) is -1.27. The Kier molecular flexibility index (Phi) is 8.86. The van der Waals surface area contributed by atoms with Crippen molar-refractivity contribution in [2.45, 2.75) is 43.7 Å². The zero-order chi connectivity index (χ0) is 29.8. The molecule has 2 aliphatic rings. The summed E-state index contributed by atoms with van der Waals surface area (Å²) < 4.78 is 25.4. The minimum atomic E-state index is -1.26. The fraction of sp³-hybridized carbons (Fsp3) is 0.312. The molecule has 1 aliphatic carbocycles. The van der Waals surface area contributed by atoms with Crippen LogP contribution >= 0.6 is 0 Å². The molecule has 0 saturated carbocycles. The minimum Gasteiger partial charge on any atom is -0.493 e. The van der Waals surface area contributed by atoms with Gasteiger partial charge in [-0.25, -0.2) is 4.39 Å². The van der Waals surface area contributed by atoms with Gasteiger partial charge in [0.25, 0.3) is 0 Å². The number of nitrogens with zero attached hydrogens (tertiary/aromatic N) is 1. The fourth-order valence-corrected chi connectivity index (χ4v) is 5.64. The number of aliphatic hydroxyl groups excluding tert-OH is 3. The second-order valence-electron chi connectivity index (χ2n) is 10.3. The number of halogens is 1. The van der Waals surface area contributed by atoms with Crippen LogP contribution in [0, 0.1) is 5.82 Å². The maximum atomic E-state index is 13.9. The predicted molar refractivity (Wildman–Crippen MR) is 151 cm³/mol. The molecule has 4 unspecified atom stereocenters. The highest BCUT2D eigenvalue weighted by Crippen LogP contribution is 2.51. The van der Waals surface area contributed by atoms with Gasteiger partial charge in [-0.1, -0.05) is 42.5 Å². The van der Waals surface area contributed by atoms with Gasteiger partial charge in [-0.3, -0.25) is 9.59 Å². The third-order valence-electron chi connectivity index (χ3n) is 7.64. The molecule has 4 atom stereocenters. The number of carbonyl (C=O) groups is 2. The van der Waals surface area contributed by atoms with E-state index < -0.39 is 35.9 Å². The maximum Gasteiger partial charge on any atom is 0.247 e. The van der Waals surface area contributed by atoms with Gasteiger partial charge < -0.3 is 35.0 Å². The lowest BCUT2D eigenvalue weighted by Gasteiger charge is -2.41. The Labute approximate surface area is 242 Å². The van der Waals surface area contributed by atoms with Crippen molar-refractivity contribution in [2.75, 3.05) is 20.3 Å². The Bertz CT molecular complexity index is 1460. The van der Waals surface area contributed by atoms with E-state index in [1.54, 1.807) is 30.3 Å². The monoisotopic (exact) mass is 576 g/mol. The molecule has 3 aromatic rings. The number of aliphatic hydroxyl groups is 3. The molecule has 0 spiro atoms.